The Morgan fingerprint density at radius 1 is 0.426 bits per heavy atom. The number of imidazole rings is 1. The highest BCUT2D eigenvalue weighted by molar-refractivity contribution is 6.04. The van der Waals surface area contributed by atoms with Crippen molar-refractivity contribution in [3.63, 3.8) is 0 Å². The van der Waals surface area contributed by atoms with E-state index in [0.29, 0.717) is 0 Å². The number of nitrogens with zero attached hydrogens (tertiary/aromatic N) is 3. The van der Waals surface area contributed by atoms with Gasteiger partial charge in [0, 0.05) is 18.0 Å². The number of aromatic nitrogens is 3. The zero-order chi connectivity index (χ0) is 31.4. The Bertz CT molecular complexity index is 2260. The molecule has 0 aliphatic carbocycles. The van der Waals surface area contributed by atoms with E-state index >= 15 is 0 Å². The lowest BCUT2D eigenvalue weighted by molar-refractivity contribution is 1.16. The molecule has 8 rings (SSSR count). The molecule has 0 saturated heterocycles. The third kappa shape index (κ3) is 5.56. The van der Waals surface area contributed by atoms with Crippen molar-refractivity contribution >= 4 is 16.7 Å². The number of rotatable bonds is 7. The number of hydrogen-bond donors (Lipinski definition) is 0. The van der Waals surface area contributed by atoms with Gasteiger partial charge in [-0.15, -0.1) is 0 Å². The first-order chi connectivity index (χ1) is 23.3. The van der Waals surface area contributed by atoms with Crippen molar-refractivity contribution in [3.05, 3.63) is 211 Å². The Balaban J connectivity index is 1.23. The maximum atomic E-state index is 5.11. The van der Waals surface area contributed by atoms with Crippen LogP contribution in [0.4, 0.5) is 0 Å². The lowest BCUT2D eigenvalue weighted by Gasteiger charge is -2.18. The molecule has 0 bridgehead atoms. The number of hydrogen-bond acceptors (Lipinski definition) is 2. The van der Waals surface area contributed by atoms with Crippen LogP contribution in [0.25, 0.3) is 50.6 Å². The zero-order valence-electron chi connectivity index (χ0n) is 25.7. The molecule has 0 saturated carbocycles. The largest absolute Gasteiger partial charge is 0.299 e. The lowest BCUT2D eigenvalue weighted by atomic mass is 9.85. The molecular weight excluding hydrogens is 571 g/mol. The average molecular weight is 602 g/mol. The molecule has 0 radical (unpaired) electrons. The molecule has 47 heavy (non-hydrogen) atoms. The summed E-state index contributed by atoms with van der Waals surface area (Å²) in [6.45, 7) is 0. The molecule has 222 valence electrons. The van der Waals surface area contributed by atoms with Gasteiger partial charge < -0.3 is 0 Å². The van der Waals surface area contributed by atoms with E-state index in [4.69, 9.17) is 4.98 Å². The van der Waals surface area contributed by atoms with Gasteiger partial charge in [0.05, 0.1) is 11.2 Å². The molecule has 3 nitrogen and oxygen atoms in total. The quantitative estimate of drug-likeness (QED) is 0.170. The fourth-order valence-electron chi connectivity index (χ4n) is 6.33. The molecule has 0 N–H and O–H groups in total. The highest BCUT2D eigenvalue weighted by atomic mass is 15.0. The molecule has 0 unspecified atom stereocenters. The van der Waals surface area contributed by atoms with Gasteiger partial charge in [0.1, 0.15) is 11.5 Å². The molecule has 0 atom stereocenters. The maximum absolute atomic E-state index is 5.11. The van der Waals surface area contributed by atoms with Crippen LogP contribution >= 0.6 is 0 Å². The standard InChI is InChI=1S/C44H31N3/c1-4-15-33(16-5-1)41(34-17-6-2-7-18-34)42(35-19-8-3-9-20-35)36-27-25-32(26-28-36)37-21-14-22-38(31-37)44-46-43(39-23-10-12-29-45-39)40-24-11-13-30-47(40)44/h1-31H. The van der Waals surface area contributed by atoms with Gasteiger partial charge in [-0.05, 0) is 74.9 Å². The third-order valence-electron chi connectivity index (χ3n) is 8.52. The Morgan fingerprint density at radius 3 is 1.57 bits per heavy atom. The van der Waals surface area contributed by atoms with Crippen molar-refractivity contribution in [2.75, 3.05) is 0 Å². The summed E-state index contributed by atoms with van der Waals surface area (Å²) < 4.78 is 2.15. The van der Waals surface area contributed by atoms with Gasteiger partial charge >= 0.3 is 0 Å². The van der Waals surface area contributed by atoms with E-state index in [1.807, 2.05) is 36.5 Å². The first kappa shape index (κ1) is 28.2. The molecule has 0 aliphatic heterocycles. The third-order valence-corrected chi connectivity index (χ3v) is 8.52. The van der Waals surface area contributed by atoms with Gasteiger partial charge in [-0.3, -0.25) is 9.38 Å². The normalized spacial score (nSPS) is 11.0. The average Bonchev–Trinajstić information content (AvgIpc) is 3.55. The minimum absolute atomic E-state index is 0.863. The van der Waals surface area contributed by atoms with Crippen molar-refractivity contribution in [2.45, 2.75) is 0 Å². The van der Waals surface area contributed by atoms with Crippen LogP contribution in [0, 0.1) is 0 Å². The molecule has 0 spiro atoms. The maximum Gasteiger partial charge on any atom is 0.145 e. The molecule has 5 aromatic carbocycles. The van der Waals surface area contributed by atoms with E-state index in [2.05, 4.69) is 161 Å². The summed E-state index contributed by atoms with van der Waals surface area (Å²) in [7, 11) is 0. The van der Waals surface area contributed by atoms with Gasteiger partial charge in [-0.2, -0.15) is 0 Å². The van der Waals surface area contributed by atoms with Crippen molar-refractivity contribution in [1.29, 1.82) is 0 Å². The minimum atomic E-state index is 0.863. The number of fused-ring (bicyclic) bond motifs is 1. The van der Waals surface area contributed by atoms with Crippen molar-refractivity contribution in [2.24, 2.45) is 0 Å². The van der Waals surface area contributed by atoms with Crippen LogP contribution in [0.3, 0.4) is 0 Å². The van der Waals surface area contributed by atoms with Crippen LogP contribution in [0.1, 0.15) is 22.3 Å². The van der Waals surface area contributed by atoms with Gasteiger partial charge in [0.15, 0.2) is 0 Å². The smallest absolute Gasteiger partial charge is 0.145 e. The fraction of sp³-hybridized carbons (Fsp3) is 0. The first-order valence-corrected chi connectivity index (χ1v) is 15.8. The minimum Gasteiger partial charge on any atom is -0.299 e. The summed E-state index contributed by atoms with van der Waals surface area (Å²) in [5.74, 6) is 0.893. The van der Waals surface area contributed by atoms with Gasteiger partial charge in [0.2, 0.25) is 0 Å². The van der Waals surface area contributed by atoms with Crippen LogP contribution in [0.15, 0.2) is 188 Å². The molecular formula is C44H31N3. The van der Waals surface area contributed by atoms with Crippen LogP contribution in [0.2, 0.25) is 0 Å². The second kappa shape index (κ2) is 12.6. The SMILES string of the molecule is c1ccc(C(=C(c2ccccc2)c2ccc(-c3cccc(-c4nc(-c5ccccn5)c5ccccn45)c3)cc2)c2ccccc2)cc1. The first-order valence-electron chi connectivity index (χ1n) is 15.8. The highest BCUT2D eigenvalue weighted by Gasteiger charge is 2.17. The molecule has 0 amide bonds. The van der Waals surface area contributed by atoms with Crippen molar-refractivity contribution < 1.29 is 0 Å². The second-order valence-electron chi connectivity index (χ2n) is 11.5. The van der Waals surface area contributed by atoms with Crippen LogP contribution in [-0.2, 0) is 0 Å². The summed E-state index contributed by atoms with van der Waals surface area (Å²) in [4.78, 5) is 9.69. The summed E-state index contributed by atoms with van der Waals surface area (Å²) in [6, 6.07) is 61.8. The van der Waals surface area contributed by atoms with E-state index in [0.717, 1.165) is 45.0 Å². The van der Waals surface area contributed by atoms with E-state index in [-0.39, 0.29) is 0 Å². The van der Waals surface area contributed by atoms with E-state index in [1.165, 1.54) is 27.8 Å². The fourth-order valence-corrected chi connectivity index (χ4v) is 6.33. The monoisotopic (exact) mass is 601 g/mol. The highest BCUT2D eigenvalue weighted by Crippen LogP contribution is 2.38. The van der Waals surface area contributed by atoms with E-state index in [9.17, 15) is 0 Å². The van der Waals surface area contributed by atoms with E-state index < -0.39 is 0 Å². The van der Waals surface area contributed by atoms with Gasteiger partial charge in [-0.1, -0.05) is 146 Å². The summed E-state index contributed by atoms with van der Waals surface area (Å²) in [5.41, 5.74) is 13.2. The molecule has 0 fully saturated rings. The van der Waals surface area contributed by atoms with Crippen LogP contribution < -0.4 is 0 Å². The van der Waals surface area contributed by atoms with Crippen LogP contribution in [-0.4, -0.2) is 14.4 Å². The van der Waals surface area contributed by atoms with Crippen molar-refractivity contribution in [3.8, 4) is 33.9 Å². The van der Waals surface area contributed by atoms with Gasteiger partial charge in [0.25, 0.3) is 0 Å². The molecule has 3 heterocycles. The topological polar surface area (TPSA) is 30.2 Å². The Morgan fingerprint density at radius 2 is 0.979 bits per heavy atom. The summed E-state index contributed by atoms with van der Waals surface area (Å²) in [5, 5.41) is 0. The van der Waals surface area contributed by atoms with E-state index in [1.54, 1.807) is 0 Å². The van der Waals surface area contributed by atoms with Gasteiger partial charge in [-0.25, -0.2) is 4.98 Å². The Hall–Kier alpha value is -6.32. The molecule has 3 aromatic heterocycles. The number of pyridine rings is 2. The molecule has 3 heteroatoms. The van der Waals surface area contributed by atoms with Crippen molar-refractivity contribution in [1.82, 2.24) is 14.4 Å². The molecule has 0 aliphatic rings. The predicted octanol–water partition coefficient (Wildman–Crippen LogP) is 10.7. The Kier molecular flexibility index (Phi) is 7.54. The zero-order valence-corrected chi connectivity index (χ0v) is 25.7. The molecule has 8 aromatic rings. The van der Waals surface area contributed by atoms with Crippen LogP contribution in [0.5, 0.6) is 0 Å². The summed E-state index contributed by atoms with van der Waals surface area (Å²) in [6.07, 6.45) is 3.88. The lowest BCUT2D eigenvalue weighted by Crippen LogP contribution is -1.97. The Labute approximate surface area is 274 Å². The second-order valence-corrected chi connectivity index (χ2v) is 11.5. The summed E-state index contributed by atoms with van der Waals surface area (Å²) >= 11 is 0. The predicted molar refractivity (Wildman–Crippen MR) is 194 cm³/mol. The number of benzene rings is 5.